The first kappa shape index (κ1) is 15.9. The predicted octanol–water partition coefficient (Wildman–Crippen LogP) is 1.54. The van der Waals surface area contributed by atoms with Crippen molar-refractivity contribution >= 4 is 23.2 Å². The van der Waals surface area contributed by atoms with E-state index in [1.165, 1.54) is 12.3 Å². The van der Waals surface area contributed by atoms with Gasteiger partial charge >= 0.3 is 0 Å². The number of carbonyl (C=O) groups is 1. The van der Waals surface area contributed by atoms with Crippen molar-refractivity contribution in [3.05, 3.63) is 57.0 Å². The van der Waals surface area contributed by atoms with Crippen LogP contribution in [0.3, 0.4) is 0 Å². The molecule has 6 nitrogen and oxygen atoms in total. The van der Waals surface area contributed by atoms with Crippen molar-refractivity contribution in [1.82, 2.24) is 15.5 Å². The molecule has 0 saturated carbocycles. The Morgan fingerprint density at radius 1 is 1.27 bits per heavy atom. The van der Waals surface area contributed by atoms with Crippen LogP contribution < -0.4 is 16.2 Å². The van der Waals surface area contributed by atoms with Crippen LogP contribution in [-0.4, -0.2) is 29.2 Å². The first-order valence-electron chi connectivity index (χ1n) is 6.20. The molecule has 0 unspecified atom stereocenters. The summed E-state index contributed by atoms with van der Waals surface area (Å²) in [7, 11) is 0. The minimum Gasteiger partial charge on any atom is -0.381 e. The average molecular weight is 329 g/mol. The first-order valence-corrected chi connectivity index (χ1v) is 6.57. The summed E-state index contributed by atoms with van der Waals surface area (Å²) in [6, 6.07) is 3.17. The quantitative estimate of drug-likeness (QED) is 0.727. The van der Waals surface area contributed by atoms with Crippen LogP contribution in [0.4, 0.5) is 14.5 Å². The van der Waals surface area contributed by atoms with Gasteiger partial charge in [-0.05, 0) is 12.1 Å². The van der Waals surface area contributed by atoms with Gasteiger partial charge in [0.25, 0.3) is 11.5 Å². The molecule has 0 aliphatic rings. The van der Waals surface area contributed by atoms with E-state index < -0.39 is 28.7 Å². The van der Waals surface area contributed by atoms with Crippen molar-refractivity contribution in [2.45, 2.75) is 0 Å². The second kappa shape index (κ2) is 6.99. The van der Waals surface area contributed by atoms with Gasteiger partial charge in [0.05, 0.1) is 11.9 Å². The Hall–Kier alpha value is -2.48. The third-order valence-corrected chi connectivity index (χ3v) is 3.09. The molecule has 1 aromatic carbocycles. The highest BCUT2D eigenvalue weighted by molar-refractivity contribution is 6.32. The lowest BCUT2D eigenvalue weighted by Crippen LogP contribution is -2.30. The zero-order chi connectivity index (χ0) is 16.1. The number of aromatic nitrogens is 2. The summed E-state index contributed by atoms with van der Waals surface area (Å²) < 4.78 is 26.8. The average Bonchev–Trinajstić information content (AvgIpc) is 2.47. The van der Waals surface area contributed by atoms with Crippen molar-refractivity contribution in [3.63, 3.8) is 0 Å². The zero-order valence-electron chi connectivity index (χ0n) is 11.1. The third kappa shape index (κ3) is 3.59. The van der Waals surface area contributed by atoms with Crippen molar-refractivity contribution in [2.24, 2.45) is 0 Å². The summed E-state index contributed by atoms with van der Waals surface area (Å²) in [6.45, 7) is 0.252. The van der Waals surface area contributed by atoms with Gasteiger partial charge in [0.2, 0.25) is 0 Å². The molecule has 0 aliphatic heterocycles. The fourth-order valence-corrected chi connectivity index (χ4v) is 1.84. The van der Waals surface area contributed by atoms with Crippen LogP contribution in [0, 0.1) is 11.6 Å². The van der Waals surface area contributed by atoms with E-state index in [1.807, 2.05) is 0 Å². The lowest BCUT2D eigenvalue weighted by atomic mass is 10.2. The Morgan fingerprint density at radius 2 is 1.95 bits per heavy atom. The minimum atomic E-state index is -0.938. The van der Waals surface area contributed by atoms with Crippen molar-refractivity contribution in [2.75, 3.05) is 18.4 Å². The maximum atomic E-state index is 13.4. The highest BCUT2D eigenvalue weighted by Crippen LogP contribution is 2.14. The summed E-state index contributed by atoms with van der Waals surface area (Å²) in [5.74, 6) is -2.74. The van der Waals surface area contributed by atoms with Gasteiger partial charge in [-0.2, -0.15) is 5.10 Å². The number of benzene rings is 1. The van der Waals surface area contributed by atoms with E-state index in [0.29, 0.717) is 0 Å². The Kier molecular flexibility index (Phi) is 5.05. The van der Waals surface area contributed by atoms with Crippen LogP contribution in [0.5, 0.6) is 0 Å². The molecular formula is C13H11ClF2N4O2. The van der Waals surface area contributed by atoms with E-state index in [0.717, 1.165) is 12.1 Å². The molecule has 0 spiro atoms. The number of amides is 1. The molecule has 1 amide bonds. The summed E-state index contributed by atoms with van der Waals surface area (Å²) >= 11 is 5.74. The van der Waals surface area contributed by atoms with Gasteiger partial charge in [-0.3, -0.25) is 9.59 Å². The number of hydrogen-bond acceptors (Lipinski definition) is 4. The monoisotopic (exact) mass is 328 g/mol. The molecule has 1 aromatic heterocycles. The standard InChI is InChI=1S/C13H11ClF2N4O2/c14-11-9(6-19-20-13(11)22)17-4-5-18-12(21)10-7(15)2-1-3-8(10)16/h1-3,6H,4-5H2,(H,18,21)(H2,17,20,22). The number of halogens is 3. The highest BCUT2D eigenvalue weighted by atomic mass is 35.5. The molecule has 1 heterocycles. The molecule has 0 bridgehead atoms. The third-order valence-electron chi connectivity index (χ3n) is 2.71. The molecule has 9 heteroatoms. The normalized spacial score (nSPS) is 10.3. The van der Waals surface area contributed by atoms with Gasteiger partial charge in [-0.25, -0.2) is 13.9 Å². The van der Waals surface area contributed by atoms with Crippen LogP contribution in [0.25, 0.3) is 0 Å². The summed E-state index contributed by atoms with van der Waals surface area (Å²) in [4.78, 5) is 22.9. The predicted molar refractivity (Wildman–Crippen MR) is 77.0 cm³/mol. The molecule has 2 aromatic rings. The van der Waals surface area contributed by atoms with Crippen molar-refractivity contribution < 1.29 is 13.6 Å². The summed E-state index contributed by atoms with van der Waals surface area (Å²) in [6.07, 6.45) is 1.31. The molecule has 0 aliphatic carbocycles. The van der Waals surface area contributed by atoms with Gasteiger partial charge < -0.3 is 10.6 Å². The Balaban J connectivity index is 1.90. The number of hydrogen-bond donors (Lipinski definition) is 3. The summed E-state index contributed by atoms with van der Waals surface area (Å²) in [5, 5.41) is 10.8. The van der Waals surface area contributed by atoms with E-state index in [4.69, 9.17) is 11.6 Å². The molecule has 3 N–H and O–H groups in total. The number of aromatic amines is 1. The van der Waals surface area contributed by atoms with Gasteiger partial charge in [0.1, 0.15) is 22.2 Å². The summed E-state index contributed by atoms with van der Waals surface area (Å²) in [5.41, 5.74) is -0.903. The lowest BCUT2D eigenvalue weighted by molar-refractivity contribution is 0.0947. The van der Waals surface area contributed by atoms with Gasteiger partial charge in [-0.1, -0.05) is 17.7 Å². The number of carbonyl (C=O) groups excluding carboxylic acids is 1. The number of rotatable bonds is 5. The Labute approximate surface area is 128 Å². The molecule has 0 atom stereocenters. The van der Waals surface area contributed by atoms with E-state index >= 15 is 0 Å². The maximum absolute atomic E-state index is 13.4. The number of nitrogens with zero attached hydrogens (tertiary/aromatic N) is 1. The highest BCUT2D eigenvalue weighted by Gasteiger charge is 2.16. The van der Waals surface area contributed by atoms with Crippen LogP contribution in [0.1, 0.15) is 10.4 Å². The van der Waals surface area contributed by atoms with E-state index in [9.17, 15) is 18.4 Å². The fraction of sp³-hybridized carbons (Fsp3) is 0.154. The largest absolute Gasteiger partial charge is 0.381 e. The second-order valence-electron chi connectivity index (χ2n) is 4.21. The number of anilines is 1. The van der Waals surface area contributed by atoms with Crippen LogP contribution >= 0.6 is 11.6 Å². The molecule has 0 radical (unpaired) electrons. The lowest BCUT2D eigenvalue weighted by Gasteiger charge is -2.09. The minimum absolute atomic E-state index is 0.0652. The van der Waals surface area contributed by atoms with E-state index in [1.54, 1.807) is 0 Å². The van der Waals surface area contributed by atoms with Crippen LogP contribution in [-0.2, 0) is 0 Å². The molecular weight excluding hydrogens is 318 g/mol. The topological polar surface area (TPSA) is 86.9 Å². The van der Waals surface area contributed by atoms with Gasteiger partial charge in [0, 0.05) is 13.1 Å². The Morgan fingerprint density at radius 3 is 2.64 bits per heavy atom. The van der Waals surface area contributed by atoms with Crippen LogP contribution in [0.15, 0.2) is 29.2 Å². The van der Waals surface area contributed by atoms with Crippen molar-refractivity contribution in [3.8, 4) is 0 Å². The number of H-pyrrole nitrogens is 1. The van der Waals surface area contributed by atoms with Crippen molar-refractivity contribution in [1.29, 1.82) is 0 Å². The molecule has 116 valence electrons. The van der Waals surface area contributed by atoms with E-state index in [-0.39, 0.29) is 23.8 Å². The smallest absolute Gasteiger partial charge is 0.285 e. The van der Waals surface area contributed by atoms with E-state index in [2.05, 4.69) is 20.8 Å². The van der Waals surface area contributed by atoms with Crippen LogP contribution in [0.2, 0.25) is 5.02 Å². The molecule has 2 rings (SSSR count). The maximum Gasteiger partial charge on any atom is 0.285 e. The van der Waals surface area contributed by atoms with Gasteiger partial charge in [-0.15, -0.1) is 0 Å². The molecule has 0 fully saturated rings. The zero-order valence-corrected chi connectivity index (χ0v) is 11.9. The molecule has 22 heavy (non-hydrogen) atoms. The molecule has 0 saturated heterocycles. The fourth-order valence-electron chi connectivity index (χ4n) is 1.68. The SMILES string of the molecule is O=C(NCCNc1cn[nH]c(=O)c1Cl)c1c(F)cccc1F. The number of nitrogens with one attached hydrogen (secondary N) is 3. The van der Waals surface area contributed by atoms with Gasteiger partial charge in [0.15, 0.2) is 0 Å². The second-order valence-corrected chi connectivity index (χ2v) is 4.58. The first-order chi connectivity index (χ1) is 10.5. The Bertz CT molecular complexity index is 731.